The van der Waals surface area contributed by atoms with Gasteiger partial charge in [-0.25, -0.2) is 4.39 Å². The summed E-state index contributed by atoms with van der Waals surface area (Å²) in [6.45, 7) is 7.61. The second-order valence-electron chi connectivity index (χ2n) is 4.83. The molecule has 0 spiro atoms. The number of benzene rings is 1. The van der Waals surface area contributed by atoms with E-state index < -0.39 is 0 Å². The molecule has 1 unspecified atom stereocenters. The van der Waals surface area contributed by atoms with Gasteiger partial charge in [-0.1, -0.05) is 32.9 Å². The molecule has 90 valence electrons. The van der Waals surface area contributed by atoms with E-state index in [1.807, 2.05) is 12.1 Å². The summed E-state index contributed by atoms with van der Waals surface area (Å²) in [5, 5.41) is 3.41. The van der Waals surface area contributed by atoms with Gasteiger partial charge in [-0.2, -0.15) is 0 Å². The monoisotopic (exact) mass is 223 g/mol. The van der Waals surface area contributed by atoms with E-state index in [0.29, 0.717) is 12.0 Å². The van der Waals surface area contributed by atoms with Crippen LogP contribution in [0.3, 0.4) is 0 Å². The number of halogens is 1. The molecule has 1 aromatic carbocycles. The van der Waals surface area contributed by atoms with Crippen molar-refractivity contribution in [3.63, 3.8) is 0 Å². The molecule has 0 aliphatic carbocycles. The molecule has 0 saturated carbocycles. The van der Waals surface area contributed by atoms with Crippen LogP contribution >= 0.6 is 0 Å². The summed E-state index contributed by atoms with van der Waals surface area (Å²) >= 11 is 0. The van der Waals surface area contributed by atoms with E-state index >= 15 is 0 Å². The summed E-state index contributed by atoms with van der Waals surface area (Å²) < 4.78 is 12.7. The highest BCUT2D eigenvalue weighted by Crippen LogP contribution is 2.12. The van der Waals surface area contributed by atoms with Gasteiger partial charge >= 0.3 is 0 Å². The second-order valence-corrected chi connectivity index (χ2v) is 4.83. The summed E-state index contributed by atoms with van der Waals surface area (Å²) in [6, 6.07) is 7.38. The smallest absolute Gasteiger partial charge is 0.123 e. The molecule has 0 radical (unpaired) electrons. The molecule has 0 fully saturated rings. The molecular formula is C14H22FN. The van der Waals surface area contributed by atoms with Crippen molar-refractivity contribution in [3.8, 4) is 0 Å². The maximum absolute atomic E-state index is 12.7. The van der Waals surface area contributed by atoms with Crippen molar-refractivity contribution in [2.75, 3.05) is 6.54 Å². The van der Waals surface area contributed by atoms with Gasteiger partial charge in [-0.05, 0) is 43.0 Å². The molecule has 0 aliphatic rings. The molecule has 0 bridgehead atoms. The summed E-state index contributed by atoms with van der Waals surface area (Å²) in [6.07, 6.45) is 2.19. The highest BCUT2D eigenvalue weighted by molar-refractivity contribution is 5.16. The molecule has 0 aliphatic heterocycles. The predicted octanol–water partition coefficient (Wildman–Crippen LogP) is 3.39. The standard InChI is InChI=1S/C14H22FN/c1-11(2)16-9-8-12(3)10-13-4-6-14(15)7-5-13/h4-7,11-12,16H,8-10H2,1-3H3. The van der Waals surface area contributed by atoms with Crippen LogP contribution in [0.25, 0.3) is 0 Å². The van der Waals surface area contributed by atoms with Crippen molar-refractivity contribution < 1.29 is 4.39 Å². The highest BCUT2D eigenvalue weighted by Gasteiger charge is 2.04. The lowest BCUT2D eigenvalue weighted by Crippen LogP contribution is -2.25. The van der Waals surface area contributed by atoms with Gasteiger partial charge in [0, 0.05) is 6.04 Å². The SMILES string of the molecule is CC(CCNC(C)C)Cc1ccc(F)cc1. The predicted molar refractivity (Wildman–Crippen MR) is 67.0 cm³/mol. The maximum atomic E-state index is 12.7. The lowest BCUT2D eigenvalue weighted by atomic mass is 9.98. The number of hydrogen-bond acceptors (Lipinski definition) is 1. The number of rotatable bonds is 6. The average Bonchev–Trinajstić information content (AvgIpc) is 2.21. The van der Waals surface area contributed by atoms with Crippen LogP contribution in [0.1, 0.15) is 32.8 Å². The Kier molecular flexibility index (Phi) is 5.47. The van der Waals surface area contributed by atoms with Gasteiger partial charge in [0.05, 0.1) is 0 Å². The molecule has 16 heavy (non-hydrogen) atoms. The van der Waals surface area contributed by atoms with Gasteiger partial charge in [0.25, 0.3) is 0 Å². The first-order chi connectivity index (χ1) is 7.58. The van der Waals surface area contributed by atoms with E-state index in [1.165, 1.54) is 17.7 Å². The van der Waals surface area contributed by atoms with Crippen molar-refractivity contribution in [3.05, 3.63) is 35.6 Å². The Morgan fingerprint density at radius 2 is 1.75 bits per heavy atom. The van der Waals surface area contributed by atoms with E-state index in [9.17, 15) is 4.39 Å². The second kappa shape index (κ2) is 6.64. The molecule has 0 heterocycles. The van der Waals surface area contributed by atoms with Crippen molar-refractivity contribution in [1.29, 1.82) is 0 Å². The molecule has 1 atom stereocenters. The lowest BCUT2D eigenvalue weighted by Gasteiger charge is -2.13. The van der Waals surface area contributed by atoms with Crippen molar-refractivity contribution in [2.45, 2.75) is 39.7 Å². The summed E-state index contributed by atoms with van der Waals surface area (Å²) in [5.74, 6) is 0.481. The van der Waals surface area contributed by atoms with Crippen LogP contribution in [-0.2, 0) is 6.42 Å². The third-order valence-corrected chi connectivity index (χ3v) is 2.69. The zero-order chi connectivity index (χ0) is 12.0. The van der Waals surface area contributed by atoms with Crippen LogP contribution in [0.5, 0.6) is 0 Å². The number of nitrogens with one attached hydrogen (secondary N) is 1. The van der Waals surface area contributed by atoms with E-state index in [4.69, 9.17) is 0 Å². The minimum Gasteiger partial charge on any atom is -0.315 e. The van der Waals surface area contributed by atoms with Crippen molar-refractivity contribution in [2.24, 2.45) is 5.92 Å². The van der Waals surface area contributed by atoms with Gasteiger partial charge in [0.1, 0.15) is 5.82 Å². The van der Waals surface area contributed by atoms with Crippen molar-refractivity contribution >= 4 is 0 Å². The van der Waals surface area contributed by atoms with Gasteiger partial charge in [0.2, 0.25) is 0 Å². The van der Waals surface area contributed by atoms with Gasteiger partial charge < -0.3 is 5.32 Å². The van der Waals surface area contributed by atoms with E-state index in [0.717, 1.165) is 19.4 Å². The third kappa shape index (κ3) is 5.26. The summed E-state index contributed by atoms with van der Waals surface area (Å²) in [4.78, 5) is 0. The van der Waals surface area contributed by atoms with Gasteiger partial charge in [-0.15, -0.1) is 0 Å². The lowest BCUT2D eigenvalue weighted by molar-refractivity contribution is 0.476. The summed E-state index contributed by atoms with van der Waals surface area (Å²) in [5.41, 5.74) is 1.22. The first-order valence-corrected chi connectivity index (χ1v) is 6.05. The van der Waals surface area contributed by atoms with E-state index in [2.05, 4.69) is 26.1 Å². The highest BCUT2D eigenvalue weighted by atomic mass is 19.1. The minimum atomic E-state index is -0.155. The molecule has 0 saturated heterocycles. The third-order valence-electron chi connectivity index (χ3n) is 2.69. The zero-order valence-electron chi connectivity index (χ0n) is 10.5. The first kappa shape index (κ1) is 13.2. The molecule has 0 amide bonds. The Balaban J connectivity index is 2.28. The topological polar surface area (TPSA) is 12.0 Å². The van der Waals surface area contributed by atoms with Crippen LogP contribution in [0.2, 0.25) is 0 Å². The van der Waals surface area contributed by atoms with Gasteiger partial charge in [-0.3, -0.25) is 0 Å². The maximum Gasteiger partial charge on any atom is 0.123 e. The molecule has 1 aromatic rings. The quantitative estimate of drug-likeness (QED) is 0.779. The van der Waals surface area contributed by atoms with Crippen LogP contribution in [0.4, 0.5) is 4.39 Å². The average molecular weight is 223 g/mol. The number of hydrogen-bond donors (Lipinski definition) is 1. The van der Waals surface area contributed by atoms with Crippen LogP contribution in [0.15, 0.2) is 24.3 Å². The van der Waals surface area contributed by atoms with Gasteiger partial charge in [0.15, 0.2) is 0 Å². The first-order valence-electron chi connectivity index (χ1n) is 6.05. The van der Waals surface area contributed by atoms with Crippen molar-refractivity contribution in [1.82, 2.24) is 5.32 Å². The van der Waals surface area contributed by atoms with E-state index in [1.54, 1.807) is 0 Å². The van der Waals surface area contributed by atoms with Crippen LogP contribution in [0, 0.1) is 11.7 Å². The Morgan fingerprint density at radius 3 is 2.31 bits per heavy atom. The fourth-order valence-corrected chi connectivity index (χ4v) is 1.74. The van der Waals surface area contributed by atoms with Crippen LogP contribution < -0.4 is 5.32 Å². The Bertz CT molecular complexity index is 292. The zero-order valence-corrected chi connectivity index (χ0v) is 10.5. The Hall–Kier alpha value is -0.890. The largest absolute Gasteiger partial charge is 0.315 e. The fourth-order valence-electron chi connectivity index (χ4n) is 1.74. The molecule has 1 rings (SSSR count). The molecule has 0 aromatic heterocycles. The summed E-state index contributed by atoms with van der Waals surface area (Å²) in [7, 11) is 0. The normalized spacial score (nSPS) is 13.1. The van der Waals surface area contributed by atoms with Crippen LogP contribution in [-0.4, -0.2) is 12.6 Å². The van der Waals surface area contributed by atoms with E-state index in [-0.39, 0.29) is 5.82 Å². The molecule has 1 N–H and O–H groups in total. The molecule has 2 heteroatoms. The Morgan fingerprint density at radius 1 is 1.12 bits per heavy atom. The Labute approximate surface area is 98.1 Å². The minimum absolute atomic E-state index is 0.155. The molecule has 1 nitrogen and oxygen atoms in total. The molecular weight excluding hydrogens is 201 g/mol. The fraction of sp³-hybridized carbons (Fsp3) is 0.571.